The zero-order valence-electron chi connectivity index (χ0n) is 16.7. The van der Waals surface area contributed by atoms with Gasteiger partial charge in [-0.15, -0.1) is 0 Å². The lowest BCUT2D eigenvalue weighted by atomic mass is 9.47. The molecule has 1 N–H and O–H groups in total. The molecule has 0 aromatic rings. The quantitative estimate of drug-likeness (QED) is 0.727. The fraction of sp³-hybridized carbons (Fsp3) is 0.818. The average molecular weight is 397 g/mol. The van der Waals surface area contributed by atoms with Crippen molar-refractivity contribution in [3.8, 4) is 0 Å². The molecule has 0 saturated heterocycles. The van der Waals surface area contributed by atoms with E-state index in [1.54, 1.807) is 0 Å². The van der Waals surface area contributed by atoms with Crippen LogP contribution in [0.2, 0.25) is 0 Å². The molecule has 156 valence electrons. The van der Waals surface area contributed by atoms with E-state index < -0.39 is 18.6 Å². The van der Waals surface area contributed by atoms with Gasteiger partial charge in [0.1, 0.15) is 6.54 Å². The summed E-state index contributed by atoms with van der Waals surface area (Å²) in [6.07, 6.45) is 4.54. The Morgan fingerprint density at radius 2 is 1.86 bits per heavy atom. The van der Waals surface area contributed by atoms with Crippen molar-refractivity contribution >= 4 is 11.7 Å². The van der Waals surface area contributed by atoms with E-state index in [4.69, 9.17) is 0 Å². The van der Waals surface area contributed by atoms with Crippen molar-refractivity contribution in [2.24, 2.45) is 34.5 Å². The zero-order chi connectivity index (χ0) is 20.3. The van der Waals surface area contributed by atoms with Gasteiger partial charge in [-0.25, -0.2) is 0 Å². The highest BCUT2D eigenvalue weighted by molar-refractivity contribution is 5.91. The second-order valence-corrected chi connectivity index (χ2v) is 9.98. The van der Waals surface area contributed by atoms with Crippen LogP contribution in [0.5, 0.6) is 0 Å². The van der Waals surface area contributed by atoms with Gasteiger partial charge in [0, 0.05) is 12.3 Å². The van der Waals surface area contributed by atoms with Gasteiger partial charge < -0.3 is 5.32 Å². The number of alkyl halides is 3. The lowest BCUT2D eigenvalue weighted by Gasteiger charge is -2.58. The van der Waals surface area contributed by atoms with Crippen molar-refractivity contribution < 1.29 is 22.8 Å². The molecule has 4 rings (SSSR count). The van der Waals surface area contributed by atoms with Crippen LogP contribution in [0.15, 0.2) is 11.6 Å². The Labute approximate surface area is 164 Å². The number of nitrogens with one attached hydrogen (secondary N) is 1. The number of carbonyl (C=O) groups excluding carboxylic acids is 2. The number of fused-ring (bicyclic) bond motifs is 5. The Morgan fingerprint density at radius 1 is 1.11 bits per heavy atom. The fourth-order valence-electron chi connectivity index (χ4n) is 7.30. The third kappa shape index (κ3) is 3.11. The Bertz CT molecular complexity index is 715. The number of hydrogen-bond acceptors (Lipinski definition) is 2. The van der Waals surface area contributed by atoms with Crippen LogP contribution in [0.4, 0.5) is 13.2 Å². The van der Waals surface area contributed by atoms with E-state index in [1.165, 1.54) is 5.57 Å². The Morgan fingerprint density at radius 3 is 2.57 bits per heavy atom. The highest BCUT2D eigenvalue weighted by Gasteiger charge is 2.60. The standard InChI is InChI=1S/C22H30F3NO2/c1-20-9-7-14(27)11-13(20)3-4-15-16-5-6-18(19(28)26-12-22(23,24)25)21(16,2)10-8-17(15)20/h11,15-18H,3-10,12H2,1-2H3,(H,26,28)/t15-,16-,17+,18?,20-,21-/m0/s1. The van der Waals surface area contributed by atoms with Crippen molar-refractivity contribution in [2.75, 3.05) is 6.54 Å². The summed E-state index contributed by atoms with van der Waals surface area (Å²) in [5.74, 6) is 0.924. The summed E-state index contributed by atoms with van der Waals surface area (Å²) in [6, 6.07) is 0. The topological polar surface area (TPSA) is 46.2 Å². The molecular formula is C22H30F3NO2. The summed E-state index contributed by atoms with van der Waals surface area (Å²) in [5.41, 5.74) is 1.18. The predicted molar refractivity (Wildman–Crippen MR) is 99.3 cm³/mol. The maximum absolute atomic E-state index is 12.6. The number of rotatable bonds is 2. The first-order valence-electron chi connectivity index (χ1n) is 10.6. The van der Waals surface area contributed by atoms with E-state index >= 15 is 0 Å². The summed E-state index contributed by atoms with van der Waals surface area (Å²) < 4.78 is 37.6. The Kier molecular flexibility index (Phi) is 4.70. The van der Waals surface area contributed by atoms with Crippen LogP contribution in [0.25, 0.3) is 0 Å². The Hall–Kier alpha value is -1.33. The summed E-state index contributed by atoms with van der Waals surface area (Å²) in [6.45, 7) is 3.21. The molecule has 6 heteroatoms. The summed E-state index contributed by atoms with van der Waals surface area (Å²) >= 11 is 0. The number of carbonyl (C=O) groups is 2. The van der Waals surface area contributed by atoms with Crippen molar-refractivity contribution in [3.05, 3.63) is 11.6 Å². The van der Waals surface area contributed by atoms with Crippen LogP contribution in [0.1, 0.15) is 65.2 Å². The van der Waals surface area contributed by atoms with Gasteiger partial charge in [0.15, 0.2) is 5.78 Å². The molecule has 0 aromatic carbocycles. The first kappa shape index (κ1) is 20.0. The Balaban J connectivity index is 1.53. The van der Waals surface area contributed by atoms with Crippen LogP contribution in [-0.4, -0.2) is 24.4 Å². The molecule has 1 amide bonds. The van der Waals surface area contributed by atoms with Gasteiger partial charge in [-0.3, -0.25) is 9.59 Å². The first-order valence-corrected chi connectivity index (χ1v) is 10.6. The molecule has 28 heavy (non-hydrogen) atoms. The molecule has 3 saturated carbocycles. The molecule has 4 aliphatic rings. The van der Waals surface area contributed by atoms with Crippen LogP contribution < -0.4 is 5.32 Å². The molecule has 1 unspecified atom stereocenters. The lowest BCUT2D eigenvalue weighted by molar-refractivity contribution is -0.145. The molecule has 0 radical (unpaired) electrons. The van der Waals surface area contributed by atoms with Crippen LogP contribution in [0, 0.1) is 34.5 Å². The molecule has 0 aromatic heterocycles. The third-order valence-corrected chi connectivity index (χ3v) is 8.74. The van der Waals surface area contributed by atoms with Crippen molar-refractivity contribution in [1.29, 1.82) is 0 Å². The molecule has 3 nitrogen and oxygen atoms in total. The molecule has 6 atom stereocenters. The van der Waals surface area contributed by atoms with E-state index in [0.717, 1.165) is 38.5 Å². The van der Waals surface area contributed by atoms with Crippen molar-refractivity contribution in [1.82, 2.24) is 5.32 Å². The van der Waals surface area contributed by atoms with Crippen LogP contribution in [0.3, 0.4) is 0 Å². The molecular weight excluding hydrogens is 367 g/mol. The molecule has 0 aliphatic heterocycles. The molecule has 0 heterocycles. The molecule has 0 bridgehead atoms. The first-order chi connectivity index (χ1) is 13.0. The molecule has 4 aliphatic carbocycles. The third-order valence-electron chi connectivity index (χ3n) is 8.74. The zero-order valence-corrected chi connectivity index (χ0v) is 16.7. The summed E-state index contributed by atoms with van der Waals surface area (Å²) in [5, 5.41) is 2.14. The number of amides is 1. The van der Waals surface area contributed by atoms with Gasteiger partial charge in [-0.05, 0) is 79.6 Å². The molecule has 3 fully saturated rings. The van der Waals surface area contributed by atoms with E-state index in [-0.39, 0.29) is 22.5 Å². The van der Waals surface area contributed by atoms with Crippen LogP contribution >= 0.6 is 0 Å². The monoisotopic (exact) mass is 397 g/mol. The lowest BCUT2D eigenvalue weighted by Crippen LogP contribution is -2.52. The van der Waals surface area contributed by atoms with Gasteiger partial charge in [-0.1, -0.05) is 19.4 Å². The highest BCUT2D eigenvalue weighted by atomic mass is 19.4. The van der Waals surface area contributed by atoms with E-state index in [1.807, 2.05) is 6.08 Å². The smallest absolute Gasteiger partial charge is 0.347 e. The van der Waals surface area contributed by atoms with E-state index in [0.29, 0.717) is 30.6 Å². The average Bonchev–Trinajstić information content (AvgIpc) is 2.97. The molecule has 0 spiro atoms. The fourth-order valence-corrected chi connectivity index (χ4v) is 7.30. The van der Waals surface area contributed by atoms with Crippen molar-refractivity contribution in [2.45, 2.75) is 71.4 Å². The largest absolute Gasteiger partial charge is 0.405 e. The maximum atomic E-state index is 12.6. The van der Waals surface area contributed by atoms with Crippen molar-refractivity contribution in [3.63, 3.8) is 0 Å². The number of halogens is 3. The SMILES string of the molecule is C[C@]12CCC(=O)C=C1CC[C@@H]1[C@H]2CC[C@]2(C)C(C(=O)NCC(F)(F)F)CC[C@@H]12. The highest BCUT2D eigenvalue weighted by Crippen LogP contribution is 2.66. The van der Waals surface area contributed by atoms with Gasteiger partial charge in [0.05, 0.1) is 0 Å². The van der Waals surface area contributed by atoms with Gasteiger partial charge >= 0.3 is 6.18 Å². The number of ketones is 1. The number of hydrogen-bond donors (Lipinski definition) is 1. The van der Waals surface area contributed by atoms with E-state index in [9.17, 15) is 22.8 Å². The number of allylic oxidation sites excluding steroid dienone is 1. The second-order valence-electron chi connectivity index (χ2n) is 9.98. The predicted octanol–water partition coefficient (Wildman–Crippen LogP) is 4.81. The summed E-state index contributed by atoms with van der Waals surface area (Å²) in [7, 11) is 0. The minimum Gasteiger partial charge on any atom is -0.347 e. The minimum atomic E-state index is -4.37. The normalized spacial score (nSPS) is 42.9. The van der Waals surface area contributed by atoms with Crippen LogP contribution in [-0.2, 0) is 9.59 Å². The van der Waals surface area contributed by atoms with Gasteiger partial charge in [-0.2, -0.15) is 13.2 Å². The van der Waals surface area contributed by atoms with E-state index in [2.05, 4.69) is 19.2 Å². The maximum Gasteiger partial charge on any atom is 0.405 e. The van der Waals surface area contributed by atoms with Gasteiger partial charge in [0.2, 0.25) is 5.91 Å². The minimum absolute atomic E-state index is 0.0782. The summed E-state index contributed by atoms with van der Waals surface area (Å²) in [4.78, 5) is 24.5. The van der Waals surface area contributed by atoms with Gasteiger partial charge in [0.25, 0.3) is 0 Å². The second kappa shape index (κ2) is 6.60.